The van der Waals surface area contributed by atoms with Crippen molar-refractivity contribution >= 4 is 12.0 Å². The first-order valence-corrected chi connectivity index (χ1v) is 9.35. The lowest BCUT2D eigenvalue weighted by Crippen LogP contribution is -2.40. The molecule has 0 aromatic heterocycles. The van der Waals surface area contributed by atoms with Crippen LogP contribution in [0.25, 0.3) is 0 Å². The smallest absolute Gasteiger partial charge is 0.407 e. The number of aliphatic hydroxyl groups excluding tert-OH is 1. The summed E-state index contributed by atoms with van der Waals surface area (Å²) in [4.78, 5) is 25.6. The van der Waals surface area contributed by atoms with Crippen molar-refractivity contribution < 1.29 is 19.8 Å². The highest BCUT2D eigenvalue weighted by molar-refractivity contribution is 5.75. The van der Waals surface area contributed by atoms with Crippen molar-refractivity contribution in [3.8, 4) is 0 Å². The standard InChI is InChI=1S/C18H36N2O4/c1-3-4-5-6-7-8-9-10-11-12-17(22)19(2)13-14-20(15-16-21)18(23)24/h21H,3-16H2,1-2H3,(H,23,24). The molecular weight excluding hydrogens is 308 g/mol. The molecule has 24 heavy (non-hydrogen) atoms. The first kappa shape index (κ1) is 22.7. The second kappa shape index (κ2) is 15.2. The summed E-state index contributed by atoms with van der Waals surface area (Å²) < 4.78 is 0. The van der Waals surface area contributed by atoms with Gasteiger partial charge in [-0.2, -0.15) is 0 Å². The number of rotatable bonds is 15. The normalized spacial score (nSPS) is 10.6. The predicted molar refractivity (Wildman–Crippen MR) is 96.2 cm³/mol. The summed E-state index contributed by atoms with van der Waals surface area (Å²) in [6.45, 7) is 2.69. The molecule has 6 nitrogen and oxygen atoms in total. The van der Waals surface area contributed by atoms with E-state index in [1.165, 1.54) is 44.9 Å². The number of carbonyl (C=O) groups is 2. The highest BCUT2D eigenvalue weighted by Crippen LogP contribution is 2.11. The quantitative estimate of drug-likeness (QED) is 0.446. The zero-order valence-electron chi connectivity index (χ0n) is 15.5. The van der Waals surface area contributed by atoms with Gasteiger partial charge in [0, 0.05) is 33.1 Å². The average Bonchev–Trinajstić information content (AvgIpc) is 2.56. The van der Waals surface area contributed by atoms with E-state index in [9.17, 15) is 9.59 Å². The largest absolute Gasteiger partial charge is 0.465 e. The summed E-state index contributed by atoms with van der Waals surface area (Å²) >= 11 is 0. The van der Waals surface area contributed by atoms with Crippen molar-refractivity contribution in [3.05, 3.63) is 0 Å². The van der Waals surface area contributed by atoms with E-state index in [4.69, 9.17) is 10.2 Å². The number of amides is 2. The van der Waals surface area contributed by atoms with Gasteiger partial charge in [-0.15, -0.1) is 0 Å². The van der Waals surface area contributed by atoms with Crippen molar-refractivity contribution in [2.75, 3.05) is 33.3 Å². The molecule has 0 aliphatic carbocycles. The molecule has 0 aliphatic rings. The molecule has 0 aromatic rings. The summed E-state index contributed by atoms with van der Waals surface area (Å²) in [6, 6.07) is 0. The number of nitrogens with zero attached hydrogens (tertiary/aromatic N) is 2. The lowest BCUT2D eigenvalue weighted by atomic mass is 10.1. The summed E-state index contributed by atoms with van der Waals surface area (Å²) in [5, 5.41) is 17.8. The Hall–Kier alpha value is -1.30. The number of carboxylic acid groups (broad SMARTS) is 1. The Labute approximate surface area is 146 Å². The molecule has 0 atom stereocenters. The van der Waals surface area contributed by atoms with Crippen molar-refractivity contribution in [3.63, 3.8) is 0 Å². The number of hydrogen-bond donors (Lipinski definition) is 2. The fraction of sp³-hybridized carbons (Fsp3) is 0.889. The SMILES string of the molecule is CCCCCCCCCCCC(=O)N(C)CCN(CCO)C(=O)O. The summed E-state index contributed by atoms with van der Waals surface area (Å²) in [7, 11) is 1.70. The van der Waals surface area contributed by atoms with E-state index in [2.05, 4.69) is 6.92 Å². The molecule has 0 spiro atoms. The molecule has 6 heteroatoms. The molecule has 0 rings (SSSR count). The second-order valence-electron chi connectivity index (χ2n) is 6.39. The van der Waals surface area contributed by atoms with Crippen LogP contribution in [0.2, 0.25) is 0 Å². The highest BCUT2D eigenvalue weighted by atomic mass is 16.4. The first-order chi connectivity index (χ1) is 11.5. The van der Waals surface area contributed by atoms with Crippen LogP contribution in [-0.2, 0) is 4.79 Å². The van der Waals surface area contributed by atoms with Crippen LogP contribution in [0.3, 0.4) is 0 Å². The Morgan fingerprint density at radius 2 is 1.38 bits per heavy atom. The molecule has 0 heterocycles. The number of aliphatic hydroxyl groups is 1. The first-order valence-electron chi connectivity index (χ1n) is 9.35. The van der Waals surface area contributed by atoms with Crippen molar-refractivity contribution in [1.82, 2.24) is 9.80 Å². The third-order valence-corrected chi connectivity index (χ3v) is 4.27. The number of hydrogen-bond acceptors (Lipinski definition) is 3. The number of carbonyl (C=O) groups excluding carboxylic acids is 1. The lowest BCUT2D eigenvalue weighted by molar-refractivity contribution is -0.130. The van der Waals surface area contributed by atoms with E-state index in [0.717, 1.165) is 17.7 Å². The van der Waals surface area contributed by atoms with Crippen LogP contribution in [0.5, 0.6) is 0 Å². The minimum Gasteiger partial charge on any atom is -0.465 e. The van der Waals surface area contributed by atoms with Gasteiger partial charge in [-0.3, -0.25) is 4.79 Å². The minimum atomic E-state index is -1.07. The van der Waals surface area contributed by atoms with Crippen LogP contribution in [0.15, 0.2) is 0 Å². The molecule has 0 aromatic carbocycles. The van der Waals surface area contributed by atoms with Gasteiger partial charge >= 0.3 is 6.09 Å². The van der Waals surface area contributed by atoms with Gasteiger partial charge in [-0.05, 0) is 6.42 Å². The zero-order valence-corrected chi connectivity index (χ0v) is 15.5. The molecule has 2 amide bonds. The van der Waals surface area contributed by atoms with Crippen molar-refractivity contribution in [2.45, 2.75) is 71.1 Å². The highest BCUT2D eigenvalue weighted by Gasteiger charge is 2.14. The molecule has 0 saturated heterocycles. The fourth-order valence-corrected chi connectivity index (χ4v) is 2.60. The molecule has 0 radical (unpaired) electrons. The summed E-state index contributed by atoms with van der Waals surface area (Å²) in [5.41, 5.74) is 0. The van der Waals surface area contributed by atoms with Gasteiger partial charge in [-0.1, -0.05) is 58.3 Å². The Balaban J connectivity index is 3.66. The summed E-state index contributed by atoms with van der Waals surface area (Å²) in [5.74, 6) is 0.0623. The molecule has 0 unspecified atom stereocenters. The third kappa shape index (κ3) is 12.2. The van der Waals surface area contributed by atoms with E-state index >= 15 is 0 Å². The van der Waals surface area contributed by atoms with Crippen LogP contribution < -0.4 is 0 Å². The van der Waals surface area contributed by atoms with Gasteiger partial charge in [-0.25, -0.2) is 4.79 Å². The molecule has 0 aliphatic heterocycles. The molecule has 0 fully saturated rings. The Bertz CT molecular complexity index is 337. The predicted octanol–water partition coefficient (Wildman–Crippen LogP) is 3.34. The summed E-state index contributed by atoms with van der Waals surface area (Å²) in [6.07, 6.45) is 10.4. The second-order valence-corrected chi connectivity index (χ2v) is 6.39. The van der Waals surface area contributed by atoms with Crippen molar-refractivity contribution in [2.24, 2.45) is 0 Å². The van der Waals surface area contributed by atoms with E-state index in [1.54, 1.807) is 11.9 Å². The van der Waals surface area contributed by atoms with Gasteiger partial charge < -0.3 is 20.0 Å². The van der Waals surface area contributed by atoms with Crippen LogP contribution in [0.1, 0.15) is 71.1 Å². The van der Waals surface area contributed by atoms with E-state index < -0.39 is 6.09 Å². The molecule has 2 N–H and O–H groups in total. The Kier molecular flexibility index (Phi) is 14.4. The van der Waals surface area contributed by atoms with Crippen LogP contribution in [0, 0.1) is 0 Å². The van der Waals surface area contributed by atoms with Gasteiger partial charge in [0.05, 0.1) is 6.61 Å². The molecular formula is C18H36N2O4. The monoisotopic (exact) mass is 344 g/mol. The van der Waals surface area contributed by atoms with Crippen LogP contribution in [0.4, 0.5) is 4.79 Å². The molecule has 0 saturated carbocycles. The van der Waals surface area contributed by atoms with Crippen molar-refractivity contribution in [1.29, 1.82) is 0 Å². The lowest BCUT2D eigenvalue weighted by Gasteiger charge is -2.23. The van der Waals surface area contributed by atoms with Gasteiger partial charge in [0.25, 0.3) is 0 Å². The number of likely N-dealkylation sites (N-methyl/N-ethyl adjacent to an activating group) is 1. The topological polar surface area (TPSA) is 81.1 Å². The van der Waals surface area contributed by atoms with E-state index in [-0.39, 0.29) is 25.6 Å². The zero-order chi connectivity index (χ0) is 18.2. The molecule has 0 bridgehead atoms. The van der Waals surface area contributed by atoms with Crippen LogP contribution in [-0.4, -0.2) is 65.3 Å². The van der Waals surface area contributed by atoms with Gasteiger partial charge in [0.2, 0.25) is 5.91 Å². The minimum absolute atomic E-state index is 0.0623. The van der Waals surface area contributed by atoms with E-state index in [1.807, 2.05) is 0 Å². The Morgan fingerprint density at radius 1 is 0.833 bits per heavy atom. The fourth-order valence-electron chi connectivity index (χ4n) is 2.60. The van der Waals surface area contributed by atoms with Crippen LogP contribution >= 0.6 is 0 Å². The number of unbranched alkanes of at least 4 members (excludes halogenated alkanes) is 8. The maximum absolute atomic E-state index is 12.0. The maximum atomic E-state index is 12.0. The average molecular weight is 344 g/mol. The molecule has 142 valence electrons. The maximum Gasteiger partial charge on any atom is 0.407 e. The van der Waals surface area contributed by atoms with Gasteiger partial charge in [0.15, 0.2) is 0 Å². The van der Waals surface area contributed by atoms with Gasteiger partial charge in [0.1, 0.15) is 0 Å². The Morgan fingerprint density at radius 3 is 1.88 bits per heavy atom. The van der Waals surface area contributed by atoms with E-state index in [0.29, 0.717) is 13.0 Å². The third-order valence-electron chi connectivity index (χ3n) is 4.27.